The Kier molecular flexibility index (Phi) is 6.84. The Morgan fingerprint density at radius 1 is 0.968 bits per heavy atom. The van der Waals surface area contributed by atoms with Crippen molar-refractivity contribution < 1.29 is 4.79 Å². The van der Waals surface area contributed by atoms with E-state index in [0.717, 1.165) is 50.5 Å². The summed E-state index contributed by atoms with van der Waals surface area (Å²) in [6, 6.07) is 22.3. The van der Waals surface area contributed by atoms with Crippen LogP contribution in [0.25, 0.3) is 5.57 Å². The monoisotopic (exact) mass is 447 g/mol. The number of halogens is 1. The molecule has 1 N–H and O–H groups in total. The van der Waals surface area contributed by atoms with Gasteiger partial charge in [0, 0.05) is 32.0 Å². The minimum Gasteiger partial charge on any atom is -0.349 e. The number of carbonyl (C=O) groups is 1. The summed E-state index contributed by atoms with van der Waals surface area (Å²) in [5, 5.41) is 3.86. The van der Waals surface area contributed by atoms with Crippen LogP contribution in [0.15, 0.2) is 83.1 Å². The molecule has 2 nitrogen and oxygen atoms in total. The third-order valence-corrected chi connectivity index (χ3v) is 7.34. The minimum absolute atomic E-state index is 0.0269. The maximum atomic E-state index is 12.6. The van der Waals surface area contributed by atoms with Crippen LogP contribution in [0.3, 0.4) is 0 Å². The average Bonchev–Trinajstić information content (AvgIpc) is 3.28. The number of nitrogens with one attached hydrogen (secondary N) is 1. The second kappa shape index (κ2) is 9.76. The van der Waals surface area contributed by atoms with Crippen LogP contribution in [0.4, 0.5) is 0 Å². The number of carbonyl (C=O) groups excluding carboxylic acids is 1. The van der Waals surface area contributed by atoms with Gasteiger partial charge in [0.05, 0.1) is 0 Å². The quantitative estimate of drug-likeness (QED) is 0.423. The third-order valence-electron chi connectivity index (χ3n) is 5.76. The molecule has 0 bridgehead atoms. The third kappa shape index (κ3) is 5.06. The van der Waals surface area contributed by atoms with Crippen molar-refractivity contribution >= 4 is 34.8 Å². The Balaban J connectivity index is 1.55. The lowest BCUT2D eigenvalue weighted by molar-refractivity contribution is 0.0937. The van der Waals surface area contributed by atoms with Crippen molar-refractivity contribution in [3.63, 3.8) is 0 Å². The van der Waals surface area contributed by atoms with E-state index in [4.69, 9.17) is 11.6 Å². The molecule has 1 saturated carbocycles. The van der Waals surface area contributed by atoms with Gasteiger partial charge in [-0.2, -0.15) is 0 Å². The minimum atomic E-state index is 0.0269. The van der Waals surface area contributed by atoms with Gasteiger partial charge in [0.1, 0.15) is 0 Å². The molecular formula is C27H26ClNOS. The Labute approximate surface area is 193 Å². The van der Waals surface area contributed by atoms with Crippen molar-refractivity contribution in [2.75, 3.05) is 0 Å². The number of amides is 1. The maximum absolute atomic E-state index is 12.6. The summed E-state index contributed by atoms with van der Waals surface area (Å²) in [5.74, 6) is 0.0269. The van der Waals surface area contributed by atoms with Gasteiger partial charge in [-0.25, -0.2) is 0 Å². The predicted octanol–water partition coefficient (Wildman–Crippen LogP) is 7.53. The van der Waals surface area contributed by atoms with Crippen molar-refractivity contribution in [2.24, 2.45) is 0 Å². The van der Waals surface area contributed by atoms with Gasteiger partial charge in [0.25, 0.3) is 5.91 Å². The first-order valence-corrected chi connectivity index (χ1v) is 11.8. The van der Waals surface area contributed by atoms with Crippen LogP contribution in [0.5, 0.6) is 0 Å². The van der Waals surface area contributed by atoms with Crippen molar-refractivity contribution in [1.29, 1.82) is 0 Å². The molecule has 0 saturated heterocycles. The molecule has 3 aromatic rings. The van der Waals surface area contributed by atoms with Crippen molar-refractivity contribution in [2.45, 2.75) is 48.4 Å². The highest BCUT2D eigenvalue weighted by Gasteiger charge is 2.19. The molecule has 0 spiro atoms. The fourth-order valence-electron chi connectivity index (χ4n) is 4.02. The van der Waals surface area contributed by atoms with Crippen LogP contribution >= 0.6 is 23.4 Å². The van der Waals surface area contributed by atoms with E-state index in [9.17, 15) is 4.79 Å². The zero-order valence-corrected chi connectivity index (χ0v) is 19.2. The highest BCUT2D eigenvalue weighted by atomic mass is 35.5. The molecule has 4 rings (SSSR count). The van der Waals surface area contributed by atoms with Crippen molar-refractivity contribution in [1.82, 2.24) is 5.32 Å². The van der Waals surface area contributed by atoms with E-state index >= 15 is 0 Å². The molecular weight excluding hydrogens is 422 g/mol. The topological polar surface area (TPSA) is 29.1 Å². The second-order valence-electron chi connectivity index (χ2n) is 7.99. The van der Waals surface area contributed by atoms with E-state index in [-0.39, 0.29) is 5.91 Å². The van der Waals surface area contributed by atoms with Crippen molar-refractivity contribution in [3.8, 4) is 0 Å². The van der Waals surface area contributed by atoms with Crippen LogP contribution < -0.4 is 5.32 Å². The lowest BCUT2D eigenvalue weighted by Gasteiger charge is -2.15. The Hall–Kier alpha value is -2.49. The molecule has 31 heavy (non-hydrogen) atoms. The van der Waals surface area contributed by atoms with E-state index in [2.05, 4.69) is 31.0 Å². The molecule has 0 aromatic heterocycles. The van der Waals surface area contributed by atoms with E-state index in [0.29, 0.717) is 11.1 Å². The van der Waals surface area contributed by atoms with Gasteiger partial charge in [0.15, 0.2) is 0 Å². The Morgan fingerprint density at radius 2 is 1.65 bits per heavy atom. The van der Waals surface area contributed by atoms with Crippen LogP contribution in [0.1, 0.15) is 52.7 Å². The Morgan fingerprint density at radius 3 is 2.35 bits per heavy atom. The number of benzene rings is 3. The molecule has 0 heterocycles. The summed E-state index contributed by atoms with van der Waals surface area (Å²) in [4.78, 5) is 14.8. The predicted molar refractivity (Wildman–Crippen MR) is 131 cm³/mol. The molecule has 1 aliphatic carbocycles. The van der Waals surface area contributed by atoms with Crippen LogP contribution in [-0.2, 0) is 0 Å². The first-order chi connectivity index (χ1) is 15.0. The number of rotatable bonds is 6. The first-order valence-electron chi connectivity index (χ1n) is 10.7. The largest absolute Gasteiger partial charge is 0.349 e. The first kappa shape index (κ1) is 21.7. The Bertz CT molecular complexity index is 1120. The van der Waals surface area contributed by atoms with Gasteiger partial charge in [-0.05, 0) is 66.8 Å². The smallest absolute Gasteiger partial charge is 0.251 e. The van der Waals surface area contributed by atoms with Crippen LogP contribution in [0, 0.1) is 6.92 Å². The van der Waals surface area contributed by atoms with Gasteiger partial charge >= 0.3 is 0 Å². The fourth-order valence-corrected chi connectivity index (χ4v) is 5.31. The van der Waals surface area contributed by atoms with E-state index in [1.165, 1.54) is 12.8 Å². The van der Waals surface area contributed by atoms with E-state index < -0.39 is 0 Å². The molecule has 0 aliphatic heterocycles. The molecule has 0 atom stereocenters. The SMILES string of the molecule is C=C(c1ccccc1Cl)c1ccccc1Sc1ccc(C(=O)NC2CCCC2)cc1C. The zero-order valence-electron chi connectivity index (χ0n) is 17.7. The standard InChI is InChI=1S/C27H26ClNOS/c1-18-17-20(27(30)29-21-9-3-4-10-21)15-16-25(18)31-26-14-8-6-12-23(26)19(2)22-11-5-7-13-24(22)28/h5-8,11-17,21H,2-4,9-10H2,1H3,(H,29,30). The lowest BCUT2D eigenvalue weighted by Crippen LogP contribution is -2.32. The van der Waals surface area contributed by atoms with Crippen LogP contribution in [-0.4, -0.2) is 11.9 Å². The number of hydrogen-bond acceptors (Lipinski definition) is 2. The molecule has 1 amide bonds. The molecule has 3 aromatic carbocycles. The average molecular weight is 448 g/mol. The van der Waals surface area contributed by atoms with Gasteiger partial charge in [-0.15, -0.1) is 0 Å². The van der Waals surface area contributed by atoms with E-state index in [1.807, 2.05) is 54.6 Å². The van der Waals surface area contributed by atoms with E-state index in [1.54, 1.807) is 11.8 Å². The number of aryl methyl sites for hydroxylation is 1. The molecule has 1 aliphatic rings. The van der Waals surface area contributed by atoms with Crippen LogP contribution in [0.2, 0.25) is 5.02 Å². The van der Waals surface area contributed by atoms with Gasteiger partial charge in [-0.3, -0.25) is 4.79 Å². The number of hydrogen-bond donors (Lipinski definition) is 1. The summed E-state index contributed by atoms with van der Waals surface area (Å²) in [7, 11) is 0. The summed E-state index contributed by atoms with van der Waals surface area (Å²) < 4.78 is 0. The summed E-state index contributed by atoms with van der Waals surface area (Å²) in [5.41, 5.74) is 4.71. The van der Waals surface area contributed by atoms with Gasteiger partial charge in [-0.1, -0.05) is 79.2 Å². The molecule has 4 heteroatoms. The maximum Gasteiger partial charge on any atom is 0.251 e. The zero-order chi connectivity index (χ0) is 21.8. The van der Waals surface area contributed by atoms with Crippen molar-refractivity contribution in [3.05, 3.63) is 101 Å². The molecule has 0 radical (unpaired) electrons. The highest BCUT2D eigenvalue weighted by molar-refractivity contribution is 7.99. The summed E-state index contributed by atoms with van der Waals surface area (Å²) in [6.07, 6.45) is 4.59. The van der Waals surface area contributed by atoms with Gasteiger partial charge in [0.2, 0.25) is 0 Å². The normalized spacial score (nSPS) is 13.9. The lowest BCUT2D eigenvalue weighted by atomic mass is 10.00. The molecule has 1 fully saturated rings. The fraction of sp³-hybridized carbons (Fsp3) is 0.222. The molecule has 158 valence electrons. The summed E-state index contributed by atoms with van der Waals surface area (Å²) >= 11 is 8.10. The van der Waals surface area contributed by atoms with Gasteiger partial charge < -0.3 is 5.32 Å². The summed E-state index contributed by atoms with van der Waals surface area (Å²) in [6.45, 7) is 6.37. The second-order valence-corrected chi connectivity index (χ2v) is 9.48. The molecule has 0 unspecified atom stereocenters. The highest BCUT2D eigenvalue weighted by Crippen LogP contribution is 2.38.